The molecule has 0 aromatic heterocycles. The van der Waals surface area contributed by atoms with Gasteiger partial charge in [-0.3, -0.25) is 4.79 Å². The second-order valence-corrected chi connectivity index (χ2v) is 9.70. The Morgan fingerprint density at radius 1 is 1.38 bits per heavy atom. The van der Waals surface area contributed by atoms with E-state index < -0.39 is 22.2 Å². The van der Waals surface area contributed by atoms with Gasteiger partial charge in [-0.25, -0.2) is 8.42 Å². The molecule has 32 heavy (non-hydrogen) atoms. The van der Waals surface area contributed by atoms with Crippen molar-refractivity contribution < 1.29 is 32.5 Å². The highest BCUT2D eigenvalue weighted by atomic mass is 32.2. The molecule has 0 spiro atoms. The normalized spacial score (nSPS) is 21.2. The van der Waals surface area contributed by atoms with Gasteiger partial charge in [0.1, 0.15) is 30.0 Å². The van der Waals surface area contributed by atoms with Crippen LogP contribution >= 0.6 is 0 Å². The van der Waals surface area contributed by atoms with Crippen LogP contribution in [0.5, 0.6) is 5.75 Å². The van der Waals surface area contributed by atoms with Crippen LogP contribution in [0, 0.1) is 17.8 Å². The summed E-state index contributed by atoms with van der Waals surface area (Å²) in [6.07, 6.45) is -0.495. The molecule has 0 saturated heterocycles. The zero-order chi connectivity index (χ0) is 23.9. The van der Waals surface area contributed by atoms with E-state index in [4.69, 9.17) is 14.2 Å². The third-order valence-electron chi connectivity index (χ3n) is 5.26. The number of carbonyl (C=O) groups excluding carboxylic acids is 1. The third-order valence-corrected chi connectivity index (χ3v) is 7.28. The van der Waals surface area contributed by atoms with Crippen molar-refractivity contribution in [2.24, 2.45) is 5.92 Å². The zero-order valence-corrected chi connectivity index (χ0v) is 20.0. The number of nitrogens with zero attached hydrogens (tertiary/aromatic N) is 2. The topological polar surface area (TPSA) is 106 Å². The number of carbonyl (C=O) groups is 1. The van der Waals surface area contributed by atoms with E-state index in [9.17, 15) is 18.3 Å². The highest BCUT2D eigenvalue weighted by molar-refractivity contribution is 7.89. The monoisotopic (exact) mass is 468 g/mol. The van der Waals surface area contributed by atoms with Gasteiger partial charge in [0.05, 0.1) is 13.2 Å². The van der Waals surface area contributed by atoms with E-state index in [-0.39, 0.29) is 55.4 Å². The van der Waals surface area contributed by atoms with E-state index in [2.05, 4.69) is 11.8 Å². The Kier molecular flexibility index (Phi) is 9.48. The molecule has 1 amide bonds. The van der Waals surface area contributed by atoms with Crippen LogP contribution < -0.4 is 4.74 Å². The Bertz CT molecular complexity index is 955. The van der Waals surface area contributed by atoms with E-state index in [1.165, 1.54) is 29.5 Å². The van der Waals surface area contributed by atoms with E-state index in [1.807, 2.05) is 6.92 Å². The van der Waals surface area contributed by atoms with Crippen LogP contribution in [0.25, 0.3) is 0 Å². The molecule has 0 aliphatic carbocycles. The lowest BCUT2D eigenvalue weighted by atomic mass is 10.0. The smallest absolute Gasteiger partial charge is 0.248 e. The minimum absolute atomic E-state index is 0.00198. The molecule has 1 heterocycles. The number of likely N-dealkylation sites (N-methyl/N-ethyl adjacent to an activating group) is 1. The van der Waals surface area contributed by atoms with Crippen molar-refractivity contribution >= 4 is 15.9 Å². The Morgan fingerprint density at radius 2 is 2.09 bits per heavy atom. The van der Waals surface area contributed by atoms with Crippen LogP contribution in [0.3, 0.4) is 0 Å². The van der Waals surface area contributed by atoms with Gasteiger partial charge in [0.2, 0.25) is 15.9 Å². The van der Waals surface area contributed by atoms with Gasteiger partial charge in [-0.05, 0) is 25.1 Å². The first-order chi connectivity index (χ1) is 15.1. The Balaban J connectivity index is 2.52. The first-order valence-corrected chi connectivity index (χ1v) is 11.7. The number of ether oxygens (including phenoxy) is 3. The first-order valence-electron chi connectivity index (χ1n) is 10.3. The number of sulfonamides is 1. The Hall–Kier alpha value is -2.16. The van der Waals surface area contributed by atoms with Gasteiger partial charge in [0.25, 0.3) is 0 Å². The quantitative estimate of drug-likeness (QED) is 0.583. The van der Waals surface area contributed by atoms with Gasteiger partial charge in [-0.15, -0.1) is 0 Å². The predicted octanol–water partition coefficient (Wildman–Crippen LogP) is 0.558. The van der Waals surface area contributed by atoms with Gasteiger partial charge < -0.3 is 24.2 Å². The average molecular weight is 469 g/mol. The minimum Gasteiger partial charge on any atom is -0.487 e. The maximum absolute atomic E-state index is 13.4. The highest BCUT2D eigenvalue weighted by Crippen LogP contribution is 2.34. The molecule has 10 heteroatoms. The molecule has 0 saturated carbocycles. The lowest BCUT2D eigenvalue weighted by Crippen LogP contribution is -2.50. The molecule has 3 atom stereocenters. The molecule has 1 N–H and O–H groups in total. The van der Waals surface area contributed by atoms with Gasteiger partial charge in [-0.1, -0.05) is 18.8 Å². The molecule has 9 nitrogen and oxygen atoms in total. The number of rotatable bonds is 7. The van der Waals surface area contributed by atoms with Crippen molar-refractivity contribution in [3.05, 3.63) is 23.8 Å². The zero-order valence-electron chi connectivity index (χ0n) is 19.2. The molecule has 0 bridgehead atoms. The number of hydrogen-bond acceptors (Lipinski definition) is 7. The molecule has 2 rings (SSSR count). The molecule has 0 radical (unpaired) electrons. The summed E-state index contributed by atoms with van der Waals surface area (Å²) in [5, 5.41) is 9.69. The number of amides is 1. The summed E-state index contributed by atoms with van der Waals surface area (Å²) in [5.41, 5.74) is 0.577. The lowest BCUT2D eigenvalue weighted by molar-refractivity contribution is -0.135. The number of benzene rings is 1. The summed E-state index contributed by atoms with van der Waals surface area (Å²) in [6.45, 7) is 3.75. The second-order valence-electron chi connectivity index (χ2n) is 7.84. The second kappa shape index (κ2) is 11.6. The summed E-state index contributed by atoms with van der Waals surface area (Å²) < 4.78 is 44.2. The highest BCUT2D eigenvalue weighted by Gasteiger charge is 2.38. The largest absolute Gasteiger partial charge is 0.487 e. The maximum atomic E-state index is 13.4. The van der Waals surface area contributed by atoms with E-state index in [0.717, 1.165) is 0 Å². The number of fused-ring (bicyclic) bond motifs is 1. The maximum Gasteiger partial charge on any atom is 0.248 e. The SMILES string of the molecule is COCC#Cc1ccc2c(c1)O[C@H](CN(C)C(=O)COC)[C@H](C)CN([C@H](C)CO)S2(=O)=O. The third kappa shape index (κ3) is 6.21. The van der Waals surface area contributed by atoms with Crippen molar-refractivity contribution in [2.45, 2.75) is 30.9 Å². The number of aliphatic hydroxyl groups excluding tert-OH is 1. The molecule has 1 aromatic carbocycles. The summed E-state index contributed by atoms with van der Waals surface area (Å²) in [6, 6.07) is 4.03. The van der Waals surface area contributed by atoms with Crippen LogP contribution in [0.1, 0.15) is 19.4 Å². The molecule has 1 aromatic rings. The van der Waals surface area contributed by atoms with Crippen LogP contribution in [0.4, 0.5) is 0 Å². The van der Waals surface area contributed by atoms with E-state index in [1.54, 1.807) is 26.1 Å². The van der Waals surface area contributed by atoms with E-state index >= 15 is 0 Å². The van der Waals surface area contributed by atoms with Crippen molar-refractivity contribution in [1.82, 2.24) is 9.21 Å². The van der Waals surface area contributed by atoms with Crippen molar-refractivity contribution in [3.8, 4) is 17.6 Å². The van der Waals surface area contributed by atoms with Gasteiger partial charge in [0.15, 0.2) is 0 Å². The average Bonchev–Trinajstić information content (AvgIpc) is 2.75. The molecule has 1 aliphatic rings. The Labute approximate surface area is 190 Å². The lowest BCUT2D eigenvalue weighted by Gasteiger charge is -2.37. The fourth-order valence-electron chi connectivity index (χ4n) is 3.34. The number of aliphatic hydroxyl groups is 1. The first kappa shape index (κ1) is 26.1. The summed E-state index contributed by atoms with van der Waals surface area (Å²) in [7, 11) is 0.700. The van der Waals surface area contributed by atoms with Gasteiger partial charge >= 0.3 is 0 Å². The van der Waals surface area contributed by atoms with Crippen LogP contribution in [0.15, 0.2) is 23.1 Å². The fourth-order valence-corrected chi connectivity index (χ4v) is 5.16. The molecule has 1 aliphatic heterocycles. The van der Waals surface area contributed by atoms with Crippen molar-refractivity contribution in [1.29, 1.82) is 0 Å². The predicted molar refractivity (Wildman–Crippen MR) is 119 cm³/mol. The van der Waals surface area contributed by atoms with E-state index in [0.29, 0.717) is 5.56 Å². The molecule has 0 unspecified atom stereocenters. The number of hydrogen-bond donors (Lipinski definition) is 1. The molecule has 0 fully saturated rings. The van der Waals surface area contributed by atoms with Crippen molar-refractivity contribution in [2.75, 3.05) is 54.2 Å². The van der Waals surface area contributed by atoms with Gasteiger partial charge in [-0.2, -0.15) is 4.31 Å². The number of methoxy groups -OCH3 is 2. The van der Waals surface area contributed by atoms with Gasteiger partial charge in [0, 0.05) is 45.3 Å². The summed E-state index contributed by atoms with van der Waals surface area (Å²) >= 11 is 0. The molecular formula is C22H32N2O7S. The van der Waals surface area contributed by atoms with Crippen LogP contribution in [-0.4, -0.2) is 95.0 Å². The van der Waals surface area contributed by atoms with Crippen molar-refractivity contribution in [3.63, 3.8) is 0 Å². The minimum atomic E-state index is -3.93. The molecule has 178 valence electrons. The summed E-state index contributed by atoms with van der Waals surface area (Å²) in [5.74, 6) is 5.44. The summed E-state index contributed by atoms with van der Waals surface area (Å²) in [4.78, 5) is 13.7. The molecular weight excluding hydrogens is 436 g/mol. The standard InChI is InChI=1S/C22H32N2O7S/c1-16-12-24(17(2)14-25)32(27,28)21-9-8-18(7-6-10-29-4)11-19(21)31-20(16)13-23(3)22(26)15-30-5/h8-9,11,16-17,20,25H,10,12-15H2,1-5H3/t16-,17-,20-/m1/s1. The fraction of sp³-hybridized carbons (Fsp3) is 0.591. The van der Waals surface area contributed by atoms with Crippen LogP contribution in [0.2, 0.25) is 0 Å². The Morgan fingerprint density at radius 3 is 2.72 bits per heavy atom. The van der Waals surface area contributed by atoms with Crippen LogP contribution in [-0.2, 0) is 24.3 Å².